The van der Waals surface area contributed by atoms with Crippen LogP contribution in [-0.4, -0.2) is 9.91 Å². The molecule has 2 aromatic carbocycles. The van der Waals surface area contributed by atoms with Gasteiger partial charge < -0.3 is 5.32 Å². The molecule has 0 atom stereocenters. The van der Waals surface area contributed by atoms with E-state index >= 15 is 0 Å². The summed E-state index contributed by atoms with van der Waals surface area (Å²) in [5, 5.41) is 25.3. The Morgan fingerprint density at radius 1 is 1.33 bits per heavy atom. The molecule has 0 aliphatic heterocycles. The van der Waals surface area contributed by atoms with E-state index in [1.807, 2.05) is 0 Å². The lowest BCUT2D eigenvalue weighted by Crippen LogP contribution is -1.93. The summed E-state index contributed by atoms with van der Waals surface area (Å²) in [6.45, 7) is 1.67. The van der Waals surface area contributed by atoms with Gasteiger partial charge in [-0.3, -0.25) is 10.1 Å². The lowest BCUT2D eigenvalue weighted by atomic mass is 10.1. The van der Waals surface area contributed by atoms with Crippen LogP contribution in [-0.2, 0) is 0 Å². The second-order valence-electron chi connectivity index (χ2n) is 5.62. The summed E-state index contributed by atoms with van der Waals surface area (Å²) < 4.78 is 13.6. The number of thiazole rings is 1. The average molecular weight is 380 g/mol. The molecular weight excluding hydrogens is 367 g/mol. The van der Waals surface area contributed by atoms with Gasteiger partial charge in [0.15, 0.2) is 0 Å². The van der Waals surface area contributed by atoms with Gasteiger partial charge in [0.1, 0.15) is 22.5 Å². The highest BCUT2D eigenvalue weighted by Gasteiger charge is 2.11. The molecule has 1 aromatic heterocycles. The zero-order valence-corrected chi connectivity index (χ0v) is 15.0. The van der Waals surface area contributed by atoms with Crippen LogP contribution in [0, 0.1) is 34.2 Å². The lowest BCUT2D eigenvalue weighted by Gasteiger charge is -2.03. The minimum Gasteiger partial charge on any atom is -0.360 e. The van der Waals surface area contributed by atoms with Gasteiger partial charge in [-0.05, 0) is 36.8 Å². The van der Waals surface area contributed by atoms with Gasteiger partial charge in [0.05, 0.1) is 10.6 Å². The van der Waals surface area contributed by atoms with E-state index < -0.39 is 4.92 Å². The molecule has 1 N–H and O–H groups in total. The van der Waals surface area contributed by atoms with Crippen molar-refractivity contribution in [3.8, 4) is 17.3 Å². The molecule has 6 nitrogen and oxygen atoms in total. The number of nitro benzene ring substituents is 1. The number of hydrogen-bond acceptors (Lipinski definition) is 6. The van der Waals surface area contributed by atoms with E-state index in [1.165, 1.54) is 35.7 Å². The van der Waals surface area contributed by atoms with E-state index in [1.54, 1.807) is 36.6 Å². The quantitative estimate of drug-likeness (QED) is 0.376. The SMILES string of the molecule is Cc1ccc(N/C=C(\C#N)c2nc(-c3ccc([N+](=O)[O-])cc3)cs2)cc1F. The lowest BCUT2D eigenvalue weighted by molar-refractivity contribution is -0.384. The summed E-state index contributed by atoms with van der Waals surface area (Å²) in [6.07, 6.45) is 1.47. The largest absolute Gasteiger partial charge is 0.360 e. The number of nitro groups is 1. The highest BCUT2D eigenvalue weighted by Crippen LogP contribution is 2.27. The first-order valence-electron chi connectivity index (χ1n) is 7.81. The minimum atomic E-state index is -0.466. The number of hydrogen-bond donors (Lipinski definition) is 1. The molecule has 0 saturated carbocycles. The first-order chi connectivity index (χ1) is 13.0. The van der Waals surface area contributed by atoms with Gasteiger partial charge in [0.2, 0.25) is 0 Å². The number of halogens is 1. The normalized spacial score (nSPS) is 11.1. The Bertz CT molecular complexity index is 1070. The van der Waals surface area contributed by atoms with Crippen molar-refractivity contribution in [3.05, 3.63) is 80.5 Å². The maximum absolute atomic E-state index is 13.6. The number of allylic oxidation sites excluding steroid dienone is 1. The molecule has 0 spiro atoms. The highest BCUT2D eigenvalue weighted by molar-refractivity contribution is 7.11. The number of nitrogens with one attached hydrogen (secondary N) is 1. The molecular formula is C19H13FN4O2S. The van der Waals surface area contributed by atoms with Crippen molar-refractivity contribution in [2.75, 3.05) is 5.32 Å². The molecule has 0 radical (unpaired) electrons. The Kier molecular flexibility index (Phi) is 5.24. The third-order valence-electron chi connectivity index (χ3n) is 3.78. The Morgan fingerprint density at radius 3 is 2.70 bits per heavy atom. The molecule has 0 fully saturated rings. The Labute approximate surface area is 158 Å². The van der Waals surface area contributed by atoms with Crippen LogP contribution >= 0.6 is 11.3 Å². The summed E-state index contributed by atoms with van der Waals surface area (Å²) in [4.78, 5) is 14.7. The maximum Gasteiger partial charge on any atom is 0.269 e. The molecule has 0 saturated heterocycles. The zero-order chi connectivity index (χ0) is 19.4. The van der Waals surface area contributed by atoms with Gasteiger partial charge in [0, 0.05) is 35.0 Å². The second-order valence-corrected chi connectivity index (χ2v) is 6.48. The number of nitriles is 1. The smallest absolute Gasteiger partial charge is 0.269 e. The van der Waals surface area contributed by atoms with E-state index in [2.05, 4.69) is 16.4 Å². The zero-order valence-electron chi connectivity index (χ0n) is 14.1. The molecule has 0 unspecified atom stereocenters. The minimum absolute atomic E-state index is 0.00124. The third-order valence-corrected chi connectivity index (χ3v) is 4.66. The van der Waals surface area contributed by atoms with Crippen molar-refractivity contribution in [3.63, 3.8) is 0 Å². The predicted molar refractivity (Wildman–Crippen MR) is 103 cm³/mol. The van der Waals surface area contributed by atoms with Crippen LogP contribution in [0.3, 0.4) is 0 Å². The van der Waals surface area contributed by atoms with Crippen molar-refractivity contribution in [2.45, 2.75) is 6.92 Å². The number of aryl methyl sites for hydroxylation is 1. The van der Waals surface area contributed by atoms with Crippen LogP contribution in [0.4, 0.5) is 15.8 Å². The topological polar surface area (TPSA) is 91.8 Å². The fraction of sp³-hybridized carbons (Fsp3) is 0.0526. The van der Waals surface area contributed by atoms with Crippen LogP contribution in [0.25, 0.3) is 16.8 Å². The molecule has 0 bridgehead atoms. The number of non-ortho nitro benzene ring substituents is 1. The van der Waals surface area contributed by atoms with E-state index in [9.17, 15) is 19.8 Å². The first-order valence-corrected chi connectivity index (χ1v) is 8.69. The maximum atomic E-state index is 13.6. The first kappa shape index (κ1) is 18.2. The number of anilines is 1. The van der Waals surface area contributed by atoms with Gasteiger partial charge in [0.25, 0.3) is 5.69 Å². The summed E-state index contributed by atoms with van der Waals surface area (Å²) >= 11 is 1.28. The standard InChI is InChI=1S/C19H13FN4O2S/c1-12-2-5-15(8-17(12)20)22-10-14(9-21)19-23-18(11-27-19)13-3-6-16(7-4-13)24(25)26/h2-8,10-11,22H,1H3/b14-10+. The molecule has 134 valence electrons. The number of rotatable bonds is 5. The van der Waals surface area contributed by atoms with Crippen molar-refractivity contribution in [2.24, 2.45) is 0 Å². The van der Waals surface area contributed by atoms with Gasteiger partial charge in [-0.1, -0.05) is 6.07 Å². The number of benzene rings is 2. The van der Waals surface area contributed by atoms with Gasteiger partial charge in [-0.15, -0.1) is 11.3 Å². The van der Waals surface area contributed by atoms with Crippen LogP contribution in [0.15, 0.2) is 54.0 Å². The van der Waals surface area contributed by atoms with Crippen molar-refractivity contribution >= 4 is 28.3 Å². The van der Waals surface area contributed by atoms with Gasteiger partial charge >= 0.3 is 0 Å². The molecule has 0 aliphatic rings. The molecule has 0 aliphatic carbocycles. The van der Waals surface area contributed by atoms with Crippen molar-refractivity contribution in [1.29, 1.82) is 5.26 Å². The van der Waals surface area contributed by atoms with E-state index in [0.29, 0.717) is 33.1 Å². The van der Waals surface area contributed by atoms with E-state index in [-0.39, 0.29) is 11.5 Å². The summed E-state index contributed by atoms with van der Waals surface area (Å²) in [6, 6.07) is 12.8. The third kappa shape index (κ3) is 4.16. The molecule has 3 rings (SSSR count). The highest BCUT2D eigenvalue weighted by atomic mass is 32.1. The summed E-state index contributed by atoms with van der Waals surface area (Å²) in [5.41, 5.74) is 2.70. The van der Waals surface area contributed by atoms with Gasteiger partial charge in [-0.2, -0.15) is 5.26 Å². The van der Waals surface area contributed by atoms with Crippen LogP contribution < -0.4 is 5.32 Å². The van der Waals surface area contributed by atoms with Crippen molar-refractivity contribution in [1.82, 2.24) is 4.98 Å². The summed E-state index contributed by atoms with van der Waals surface area (Å²) in [7, 11) is 0. The molecule has 3 aromatic rings. The number of aromatic nitrogens is 1. The fourth-order valence-electron chi connectivity index (χ4n) is 2.26. The molecule has 1 heterocycles. The Balaban J connectivity index is 1.81. The molecule has 27 heavy (non-hydrogen) atoms. The molecule has 0 amide bonds. The van der Waals surface area contributed by atoms with Crippen LogP contribution in [0.5, 0.6) is 0 Å². The summed E-state index contributed by atoms with van der Waals surface area (Å²) in [5.74, 6) is -0.332. The van der Waals surface area contributed by atoms with E-state index in [0.717, 1.165) is 0 Å². The van der Waals surface area contributed by atoms with Crippen LogP contribution in [0.2, 0.25) is 0 Å². The Morgan fingerprint density at radius 2 is 2.07 bits per heavy atom. The molecule has 8 heteroatoms. The van der Waals surface area contributed by atoms with E-state index in [4.69, 9.17) is 0 Å². The monoisotopic (exact) mass is 380 g/mol. The second kappa shape index (κ2) is 7.76. The van der Waals surface area contributed by atoms with Crippen LogP contribution in [0.1, 0.15) is 10.6 Å². The number of nitrogens with zero attached hydrogens (tertiary/aromatic N) is 3. The predicted octanol–water partition coefficient (Wildman–Crippen LogP) is 5.14. The Hall–Kier alpha value is -3.57. The fourth-order valence-corrected chi connectivity index (χ4v) is 3.06. The van der Waals surface area contributed by atoms with Gasteiger partial charge in [-0.25, -0.2) is 9.37 Å². The average Bonchev–Trinajstić information content (AvgIpc) is 3.15. The van der Waals surface area contributed by atoms with Crippen molar-refractivity contribution < 1.29 is 9.31 Å².